The SMILES string of the molecule is COc1ncc(-c2cc3c(N4CCNCC4)ncnc3cc2C)cc1N(OC(=O)C(F)(F)F)S(=O)(=O)c1ccc(F)cc1F. The Kier molecular flexibility index (Phi) is 8.26. The molecule has 0 aliphatic carbocycles. The van der Waals surface area contributed by atoms with Crippen LogP contribution in [0.5, 0.6) is 5.88 Å². The van der Waals surface area contributed by atoms with E-state index in [9.17, 15) is 35.2 Å². The lowest BCUT2D eigenvalue weighted by molar-refractivity contribution is -0.199. The number of methoxy groups -OCH3 is 1. The lowest BCUT2D eigenvalue weighted by Gasteiger charge is -2.29. The zero-order valence-corrected chi connectivity index (χ0v) is 23.8. The number of carbonyl (C=O) groups is 1. The summed E-state index contributed by atoms with van der Waals surface area (Å²) in [6.07, 6.45) is -2.96. The molecule has 0 atom stereocenters. The van der Waals surface area contributed by atoms with Crippen LogP contribution in [0.15, 0.2) is 53.8 Å². The van der Waals surface area contributed by atoms with Crippen molar-refractivity contribution < 1.29 is 44.7 Å². The molecule has 1 aliphatic heterocycles. The normalized spacial score (nSPS) is 14.0. The van der Waals surface area contributed by atoms with Crippen LogP contribution in [0.3, 0.4) is 0 Å². The molecule has 44 heavy (non-hydrogen) atoms. The van der Waals surface area contributed by atoms with Gasteiger partial charge < -0.3 is 19.8 Å². The van der Waals surface area contributed by atoms with Gasteiger partial charge in [-0.25, -0.2) is 28.5 Å². The van der Waals surface area contributed by atoms with Gasteiger partial charge in [-0.05, 0) is 48.4 Å². The molecule has 232 valence electrons. The van der Waals surface area contributed by atoms with Gasteiger partial charge in [-0.1, -0.05) is 4.47 Å². The van der Waals surface area contributed by atoms with E-state index in [0.29, 0.717) is 53.1 Å². The predicted molar refractivity (Wildman–Crippen MR) is 147 cm³/mol. The number of anilines is 2. The van der Waals surface area contributed by atoms with Gasteiger partial charge in [0.05, 0.1) is 12.6 Å². The van der Waals surface area contributed by atoms with E-state index in [-0.39, 0.29) is 11.6 Å². The molecule has 0 radical (unpaired) electrons. The maximum atomic E-state index is 14.6. The number of nitrogens with one attached hydrogen (secondary N) is 1. The molecule has 4 aromatic rings. The Morgan fingerprint density at radius 3 is 2.43 bits per heavy atom. The smallest absolute Gasteiger partial charge is 0.479 e. The first kappa shape index (κ1) is 30.8. The Bertz CT molecular complexity index is 1850. The van der Waals surface area contributed by atoms with Gasteiger partial charge >= 0.3 is 12.1 Å². The summed E-state index contributed by atoms with van der Waals surface area (Å²) >= 11 is 0. The zero-order chi connectivity index (χ0) is 31.8. The van der Waals surface area contributed by atoms with E-state index >= 15 is 0 Å². The third-order valence-corrected chi connectivity index (χ3v) is 8.29. The van der Waals surface area contributed by atoms with Crippen molar-refractivity contribution >= 4 is 38.4 Å². The zero-order valence-electron chi connectivity index (χ0n) is 23.0. The number of fused-ring (bicyclic) bond motifs is 1. The summed E-state index contributed by atoms with van der Waals surface area (Å²) in [6, 6.07) is 5.77. The van der Waals surface area contributed by atoms with Gasteiger partial charge in [-0.2, -0.15) is 21.6 Å². The maximum Gasteiger partial charge on any atom is 0.493 e. The van der Waals surface area contributed by atoms with E-state index in [2.05, 4.69) is 30.0 Å². The molecule has 0 unspecified atom stereocenters. The Labute approximate surface area is 247 Å². The van der Waals surface area contributed by atoms with Gasteiger partial charge in [0, 0.05) is 49.4 Å². The Hall–Kier alpha value is -4.64. The lowest BCUT2D eigenvalue weighted by Crippen LogP contribution is -2.44. The molecule has 1 saturated heterocycles. The second-order valence-electron chi connectivity index (χ2n) is 9.55. The molecule has 0 amide bonds. The number of carbonyl (C=O) groups excluding carboxylic acids is 1. The van der Waals surface area contributed by atoms with Crippen LogP contribution in [0.1, 0.15) is 5.56 Å². The number of sulfonamides is 1. The van der Waals surface area contributed by atoms with Crippen LogP contribution in [-0.2, 0) is 19.7 Å². The van der Waals surface area contributed by atoms with Crippen molar-refractivity contribution in [3.63, 3.8) is 0 Å². The van der Waals surface area contributed by atoms with Crippen LogP contribution in [0.4, 0.5) is 33.5 Å². The fourth-order valence-corrected chi connectivity index (χ4v) is 5.92. The Morgan fingerprint density at radius 1 is 1.05 bits per heavy atom. The van der Waals surface area contributed by atoms with Crippen LogP contribution in [-0.4, -0.2) is 68.8 Å². The quantitative estimate of drug-likeness (QED) is 0.235. The van der Waals surface area contributed by atoms with Crippen LogP contribution in [0.25, 0.3) is 22.0 Å². The summed E-state index contributed by atoms with van der Waals surface area (Å²) in [5, 5.41) is 3.89. The number of hydrogen-bond donors (Lipinski definition) is 1. The van der Waals surface area contributed by atoms with Gasteiger partial charge in [0.1, 0.15) is 28.7 Å². The number of pyridine rings is 1. The van der Waals surface area contributed by atoms with Crippen molar-refractivity contribution in [1.82, 2.24) is 20.3 Å². The minimum Gasteiger partial charge on any atom is -0.479 e. The van der Waals surface area contributed by atoms with Crippen LogP contribution in [0, 0.1) is 18.6 Å². The molecule has 1 N–H and O–H groups in total. The highest BCUT2D eigenvalue weighted by atomic mass is 32.2. The highest BCUT2D eigenvalue weighted by Crippen LogP contribution is 2.38. The van der Waals surface area contributed by atoms with Crippen LogP contribution < -0.4 is 19.4 Å². The number of benzene rings is 2. The molecule has 2 aromatic heterocycles. The van der Waals surface area contributed by atoms with Gasteiger partial charge in [0.15, 0.2) is 5.69 Å². The van der Waals surface area contributed by atoms with E-state index in [4.69, 9.17) is 4.74 Å². The molecule has 1 fully saturated rings. The minimum absolute atomic E-state index is 0.165. The van der Waals surface area contributed by atoms with Gasteiger partial charge in [-0.3, -0.25) is 0 Å². The first-order valence-corrected chi connectivity index (χ1v) is 14.3. The molecule has 17 heteroatoms. The summed E-state index contributed by atoms with van der Waals surface area (Å²) in [5.41, 5.74) is 1.04. The monoisotopic (exact) mass is 638 g/mol. The van der Waals surface area contributed by atoms with Crippen molar-refractivity contribution in [2.24, 2.45) is 0 Å². The van der Waals surface area contributed by atoms with E-state index in [1.165, 1.54) is 12.5 Å². The summed E-state index contributed by atoms with van der Waals surface area (Å²) < 4.78 is 99.7. The number of ether oxygens (including phenoxy) is 1. The summed E-state index contributed by atoms with van der Waals surface area (Å²) in [7, 11) is -4.42. The summed E-state index contributed by atoms with van der Waals surface area (Å²) in [6.45, 7) is 4.51. The molecular formula is C27H23F5N6O5S. The average Bonchev–Trinajstić information content (AvgIpc) is 2.98. The first-order valence-electron chi connectivity index (χ1n) is 12.9. The van der Waals surface area contributed by atoms with Gasteiger partial charge in [-0.15, -0.1) is 0 Å². The average molecular weight is 639 g/mol. The number of piperazine rings is 1. The third-order valence-electron chi connectivity index (χ3n) is 6.70. The molecule has 3 heterocycles. The molecule has 0 saturated carbocycles. The minimum atomic E-state index is -5.65. The highest BCUT2D eigenvalue weighted by Gasteiger charge is 2.46. The number of halogens is 5. The molecule has 1 aliphatic rings. The van der Waals surface area contributed by atoms with Crippen molar-refractivity contribution in [2.45, 2.75) is 18.0 Å². The fourth-order valence-electron chi connectivity index (χ4n) is 4.64. The molecule has 5 rings (SSSR count). The van der Waals surface area contributed by atoms with E-state index in [1.807, 2.05) is 0 Å². The second-order valence-corrected chi connectivity index (χ2v) is 11.3. The standard InChI is InChI=1S/C27H23F5N6O5S/c1-15-9-21-19(24(36-14-35-21)37-7-5-33-6-8-37)12-18(15)16-10-22(25(42-2)34-13-16)38(43-26(39)27(30,31)32)44(40,41)23-4-3-17(28)11-20(23)29/h3-4,9-14,33H,5-8H2,1-2H3. The number of nitrogens with zero attached hydrogens (tertiary/aromatic N) is 5. The number of rotatable bonds is 7. The first-order chi connectivity index (χ1) is 20.8. The van der Waals surface area contributed by atoms with E-state index in [0.717, 1.165) is 26.3 Å². The molecule has 11 nitrogen and oxygen atoms in total. The lowest BCUT2D eigenvalue weighted by atomic mass is 9.99. The molecule has 0 spiro atoms. The molecule has 2 aromatic carbocycles. The number of hydrogen-bond acceptors (Lipinski definition) is 10. The van der Waals surface area contributed by atoms with Crippen LogP contribution in [0.2, 0.25) is 0 Å². The van der Waals surface area contributed by atoms with Gasteiger partial charge in [0.2, 0.25) is 5.88 Å². The molecular weight excluding hydrogens is 615 g/mol. The summed E-state index contributed by atoms with van der Waals surface area (Å²) in [5.74, 6) is -5.69. The van der Waals surface area contributed by atoms with Crippen molar-refractivity contribution in [2.75, 3.05) is 42.7 Å². The largest absolute Gasteiger partial charge is 0.493 e. The van der Waals surface area contributed by atoms with Crippen molar-refractivity contribution in [3.8, 4) is 17.0 Å². The number of aromatic nitrogens is 3. The topological polar surface area (TPSA) is 127 Å². The highest BCUT2D eigenvalue weighted by molar-refractivity contribution is 7.92. The molecule has 0 bridgehead atoms. The maximum absolute atomic E-state index is 14.6. The fraction of sp³-hybridized carbons (Fsp3) is 0.259. The second kappa shape index (κ2) is 11.8. The summed E-state index contributed by atoms with van der Waals surface area (Å²) in [4.78, 5) is 29.8. The third kappa shape index (κ3) is 5.92. The predicted octanol–water partition coefficient (Wildman–Crippen LogP) is 3.91. The van der Waals surface area contributed by atoms with Crippen molar-refractivity contribution in [1.29, 1.82) is 0 Å². The van der Waals surface area contributed by atoms with E-state index < -0.39 is 54.7 Å². The Morgan fingerprint density at radius 2 is 1.77 bits per heavy atom. The van der Waals surface area contributed by atoms with Crippen molar-refractivity contribution in [3.05, 3.63) is 66.1 Å². The van der Waals surface area contributed by atoms with E-state index in [1.54, 1.807) is 19.1 Å². The van der Waals surface area contributed by atoms with Gasteiger partial charge in [0.25, 0.3) is 10.0 Å². The number of aryl methyl sites for hydroxylation is 1. The van der Waals surface area contributed by atoms with Crippen LogP contribution >= 0.6 is 0 Å². The Balaban J connectivity index is 1.69. The number of alkyl halides is 3.